The number of piperidine rings is 1. The van der Waals surface area contributed by atoms with Gasteiger partial charge in [-0.1, -0.05) is 13.8 Å². The molecule has 1 fully saturated rings. The van der Waals surface area contributed by atoms with Crippen molar-refractivity contribution in [2.24, 2.45) is 11.1 Å². The molecule has 0 bridgehead atoms. The van der Waals surface area contributed by atoms with Gasteiger partial charge in [-0.3, -0.25) is 9.58 Å². The van der Waals surface area contributed by atoms with Crippen molar-refractivity contribution in [3.8, 4) is 0 Å². The van der Waals surface area contributed by atoms with Gasteiger partial charge < -0.3 is 5.73 Å². The molecule has 1 atom stereocenters. The number of alkyl halides is 3. The van der Waals surface area contributed by atoms with Gasteiger partial charge in [0, 0.05) is 37.4 Å². The van der Waals surface area contributed by atoms with E-state index in [9.17, 15) is 13.2 Å². The standard InChI is InChI=1S/C13H21F3N4.ClH/c1-12(2)8-19(4-3-11(12)17)6-10-5-18-20(7-10)9-13(14,15)16;/h5,7,11H,3-4,6,8-9,17H2,1-2H3;1H. The number of hydrogen-bond donors (Lipinski definition) is 1. The molecular formula is C13H22ClF3N4. The first-order valence-corrected chi connectivity index (χ1v) is 6.72. The molecule has 1 aliphatic heterocycles. The lowest BCUT2D eigenvalue weighted by Crippen LogP contribution is -2.51. The average molecular weight is 327 g/mol. The quantitative estimate of drug-likeness (QED) is 0.928. The van der Waals surface area contributed by atoms with E-state index in [1.54, 1.807) is 0 Å². The van der Waals surface area contributed by atoms with Crippen molar-refractivity contribution in [1.82, 2.24) is 14.7 Å². The van der Waals surface area contributed by atoms with E-state index in [1.807, 2.05) is 0 Å². The van der Waals surface area contributed by atoms with E-state index >= 15 is 0 Å². The summed E-state index contributed by atoms with van der Waals surface area (Å²) in [5, 5.41) is 3.76. The van der Waals surface area contributed by atoms with Gasteiger partial charge in [0.25, 0.3) is 0 Å². The molecule has 2 heterocycles. The van der Waals surface area contributed by atoms with Crippen molar-refractivity contribution in [2.45, 2.75) is 45.6 Å². The number of nitrogens with two attached hydrogens (primary N) is 1. The maximum Gasteiger partial charge on any atom is 0.408 e. The molecule has 2 rings (SSSR count). The molecule has 122 valence electrons. The largest absolute Gasteiger partial charge is 0.408 e. The number of likely N-dealkylation sites (tertiary alicyclic amines) is 1. The van der Waals surface area contributed by atoms with Crippen molar-refractivity contribution in [1.29, 1.82) is 0 Å². The fourth-order valence-corrected chi connectivity index (χ4v) is 2.64. The van der Waals surface area contributed by atoms with E-state index in [4.69, 9.17) is 5.73 Å². The number of nitrogens with zero attached hydrogens (tertiary/aromatic N) is 3. The van der Waals surface area contributed by atoms with Crippen LogP contribution in [0.4, 0.5) is 13.2 Å². The maximum atomic E-state index is 12.3. The molecular weight excluding hydrogens is 305 g/mol. The second-order valence-corrected chi connectivity index (χ2v) is 6.26. The Morgan fingerprint density at radius 3 is 2.67 bits per heavy atom. The molecule has 0 aromatic carbocycles. The van der Waals surface area contributed by atoms with Crippen LogP contribution in [0.3, 0.4) is 0 Å². The monoisotopic (exact) mass is 326 g/mol. The van der Waals surface area contributed by atoms with Crippen molar-refractivity contribution in [3.63, 3.8) is 0 Å². The molecule has 2 N–H and O–H groups in total. The van der Waals surface area contributed by atoms with Gasteiger partial charge in [0.2, 0.25) is 0 Å². The van der Waals surface area contributed by atoms with Crippen LogP contribution in [0.1, 0.15) is 25.8 Å². The van der Waals surface area contributed by atoms with Crippen LogP contribution in [0.15, 0.2) is 12.4 Å². The Hall–Kier alpha value is -0.790. The fourth-order valence-electron chi connectivity index (χ4n) is 2.64. The summed E-state index contributed by atoms with van der Waals surface area (Å²) >= 11 is 0. The summed E-state index contributed by atoms with van der Waals surface area (Å²) in [5.74, 6) is 0. The molecule has 0 spiro atoms. The van der Waals surface area contributed by atoms with Crippen molar-refractivity contribution < 1.29 is 13.2 Å². The molecule has 1 aromatic heterocycles. The molecule has 1 aromatic rings. The van der Waals surface area contributed by atoms with Gasteiger partial charge in [-0.25, -0.2) is 0 Å². The Labute approximate surface area is 128 Å². The molecule has 1 unspecified atom stereocenters. The lowest BCUT2D eigenvalue weighted by molar-refractivity contribution is -0.142. The van der Waals surface area contributed by atoms with Crippen LogP contribution in [0.5, 0.6) is 0 Å². The highest BCUT2D eigenvalue weighted by Gasteiger charge is 2.33. The summed E-state index contributed by atoms with van der Waals surface area (Å²) < 4.78 is 37.7. The van der Waals surface area contributed by atoms with Crippen LogP contribution in [-0.2, 0) is 13.1 Å². The third-order valence-corrected chi connectivity index (χ3v) is 3.83. The zero-order valence-corrected chi connectivity index (χ0v) is 13.0. The summed E-state index contributed by atoms with van der Waals surface area (Å²) in [6, 6.07) is 0.173. The molecule has 8 heteroatoms. The van der Waals surface area contributed by atoms with E-state index in [1.165, 1.54) is 12.4 Å². The Bertz CT molecular complexity index is 459. The average Bonchev–Trinajstić information content (AvgIpc) is 2.68. The lowest BCUT2D eigenvalue weighted by Gasteiger charge is -2.42. The molecule has 0 radical (unpaired) electrons. The van der Waals surface area contributed by atoms with Gasteiger partial charge in [0.1, 0.15) is 6.54 Å². The van der Waals surface area contributed by atoms with Gasteiger partial charge in [0.15, 0.2) is 0 Å². The van der Waals surface area contributed by atoms with E-state index in [2.05, 4.69) is 23.8 Å². The summed E-state index contributed by atoms with van der Waals surface area (Å²) in [6.45, 7) is 5.54. The Balaban J connectivity index is 0.00000220. The van der Waals surface area contributed by atoms with Gasteiger partial charge in [0.05, 0.1) is 6.20 Å². The van der Waals surface area contributed by atoms with Gasteiger partial charge in [-0.15, -0.1) is 12.4 Å². The summed E-state index contributed by atoms with van der Waals surface area (Å²) in [5.41, 5.74) is 6.91. The van der Waals surface area contributed by atoms with Crippen LogP contribution in [-0.4, -0.2) is 40.0 Å². The third-order valence-electron chi connectivity index (χ3n) is 3.83. The first-order valence-electron chi connectivity index (χ1n) is 6.72. The minimum absolute atomic E-state index is 0. The van der Waals surface area contributed by atoms with Crippen LogP contribution >= 0.6 is 12.4 Å². The first kappa shape index (κ1) is 18.3. The van der Waals surface area contributed by atoms with E-state index in [0.29, 0.717) is 6.54 Å². The van der Waals surface area contributed by atoms with Crippen molar-refractivity contribution in [3.05, 3.63) is 18.0 Å². The highest BCUT2D eigenvalue weighted by atomic mass is 35.5. The van der Waals surface area contributed by atoms with Gasteiger partial charge in [-0.2, -0.15) is 18.3 Å². The number of halogens is 4. The predicted octanol–water partition coefficient (Wildman–Crippen LogP) is 2.43. The van der Waals surface area contributed by atoms with Crippen LogP contribution in [0, 0.1) is 5.41 Å². The fraction of sp³-hybridized carbons (Fsp3) is 0.769. The third kappa shape index (κ3) is 5.16. The van der Waals surface area contributed by atoms with Crippen molar-refractivity contribution in [2.75, 3.05) is 13.1 Å². The molecule has 0 amide bonds. The molecule has 21 heavy (non-hydrogen) atoms. The summed E-state index contributed by atoms with van der Waals surface area (Å²) in [4.78, 5) is 2.22. The smallest absolute Gasteiger partial charge is 0.327 e. The summed E-state index contributed by atoms with van der Waals surface area (Å²) in [7, 11) is 0. The number of aromatic nitrogens is 2. The van der Waals surface area contributed by atoms with E-state index in [-0.39, 0.29) is 23.9 Å². The van der Waals surface area contributed by atoms with Crippen LogP contribution in [0.2, 0.25) is 0 Å². The van der Waals surface area contributed by atoms with Crippen LogP contribution in [0.25, 0.3) is 0 Å². The zero-order valence-electron chi connectivity index (χ0n) is 12.2. The maximum absolute atomic E-state index is 12.3. The zero-order chi connectivity index (χ0) is 15.0. The molecule has 0 saturated carbocycles. The SMILES string of the molecule is CC1(C)CN(Cc2cnn(CC(F)(F)F)c2)CCC1N.Cl. The van der Waals surface area contributed by atoms with E-state index in [0.717, 1.165) is 29.8 Å². The second kappa shape index (κ2) is 6.54. The molecule has 0 aliphatic carbocycles. The number of rotatable bonds is 3. The first-order chi connectivity index (χ1) is 9.16. The second-order valence-electron chi connectivity index (χ2n) is 6.26. The Kier molecular flexibility index (Phi) is 5.69. The van der Waals surface area contributed by atoms with Gasteiger partial charge in [-0.05, 0) is 11.8 Å². The number of hydrogen-bond acceptors (Lipinski definition) is 3. The minimum atomic E-state index is -4.23. The Morgan fingerprint density at radius 2 is 2.10 bits per heavy atom. The molecule has 1 saturated heterocycles. The topological polar surface area (TPSA) is 47.1 Å². The van der Waals surface area contributed by atoms with Crippen LogP contribution < -0.4 is 5.73 Å². The highest BCUT2D eigenvalue weighted by Crippen LogP contribution is 2.28. The van der Waals surface area contributed by atoms with Gasteiger partial charge >= 0.3 is 6.18 Å². The predicted molar refractivity (Wildman–Crippen MR) is 77.2 cm³/mol. The minimum Gasteiger partial charge on any atom is -0.327 e. The highest BCUT2D eigenvalue weighted by molar-refractivity contribution is 5.85. The van der Waals surface area contributed by atoms with E-state index < -0.39 is 12.7 Å². The normalized spacial score (nSPS) is 22.9. The molecule has 4 nitrogen and oxygen atoms in total. The molecule has 1 aliphatic rings. The summed E-state index contributed by atoms with van der Waals surface area (Å²) in [6.07, 6.45) is -0.352. The Morgan fingerprint density at radius 1 is 1.43 bits per heavy atom. The van der Waals surface area contributed by atoms with Crippen molar-refractivity contribution >= 4 is 12.4 Å². The lowest BCUT2D eigenvalue weighted by atomic mass is 9.79.